The van der Waals surface area contributed by atoms with E-state index in [4.69, 9.17) is 9.72 Å². The van der Waals surface area contributed by atoms with Gasteiger partial charge in [-0.3, -0.25) is 9.47 Å². The third kappa shape index (κ3) is 4.47. The van der Waals surface area contributed by atoms with Gasteiger partial charge in [-0.25, -0.2) is 14.1 Å². The van der Waals surface area contributed by atoms with Crippen LogP contribution < -0.4 is 10.4 Å². The molecule has 1 aliphatic rings. The molecule has 9 nitrogen and oxygen atoms in total. The summed E-state index contributed by atoms with van der Waals surface area (Å²) in [6.07, 6.45) is 4.68. The molecule has 4 rings (SSSR count). The number of likely N-dealkylation sites (tertiary alicyclic amines) is 1. The fraction of sp³-hybridized carbons (Fsp3) is 0.500. The molecule has 0 spiro atoms. The quantitative estimate of drug-likeness (QED) is 0.552. The van der Waals surface area contributed by atoms with Crippen LogP contribution in [-0.2, 0) is 11.5 Å². The number of pyridine rings is 2. The number of halogens is 1. The summed E-state index contributed by atoms with van der Waals surface area (Å²) in [6.45, 7) is 5.88. The molecule has 1 saturated heterocycles. The highest BCUT2D eigenvalue weighted by Crippen LogP contribution is 2.37. The number of quaternary nitrogens is 1. The molecule has 182 valence electrons. The minimum Gasteiger partial charge on any atom is -0.498 e. The Kier molecular flexibility index (Phi) is 6.30. The molecule has 0 aromatic carbocycles. The monoisotopic (exact) mass is 470 g/mol. The molecule has 1 unspecified atom stereocenters. The van der Waals surface area contributed by atoms with Gasteiger partial charge in [0.1, 0.15) is 19.1 Å². The zero-order valence-electron chi connectivity index (χ0n) is 20.0. The zero-order chi connectivity index (χ0) is 24.6. The fourth-order valence-electron chi connectivity index (χ4n) is 4.75. The Morgan fingerprint density at radius 1 is 1.41 bits per heavy atom. The third-order valence-corrected chi connectivity index (χ3v) is 6.71. The largest absolute Gasteiger partial charge is 0.498 e. The summed E-state index contributed by atoms with van der Waals surface area (Å²) in [5, 5.41) is 20.3. The van der Waals surface area contributed by atoms with Crippen molar-refractivity contribution < 1.29 is 23.5 Å². The van der Waals surface area contributed by atoms with Gasteiger partial charge in [0.15, 0.2) is 5.67 Å². The summed E-state index contributed by atoms with van der Waals surface area (Å²) >= 11 is 0. The van der Waals surface area contributed by atoms with Gasteiger partial charge in [-0.15, -0.1) is 0 Å². The summed E-state index contributed by atoms with van der Waals surface area (Å²) < 4.78 is 22.5. The number of piperidine rings is 1. The van der Waals surface area contributed by atoms with Crippen LogP contribution in [0.5, 0.6) is 0 Å². The van der Waals surface area contributed by atoms with Gasteiger partial charge in [0.2, 0.25) is 0 Å². The van der Waals surface area contributed by atoms with Gasteiger partial charge in [0, 0.05) is 36.9 Å². The Hall–Kier alpha value is -3.11. The lowest BCUT2D eigenvalue weighted by Crippen LogP contribution is -2.73. The maximum atomic E-state index is 16.1. The molecule has 34 heavy (non-hydrogen) atoms. The number of hydrogen-bond donors (Lipinski definition) is 1. The van der Waals surface area contributed by atoms with Crippen LogP contribution >= 0.6 is 0 Å². The molecule has 0 saturated carbocycles. The maximum Gasteiger partial charge on any atom is 0.257 e. The van der Waals surface area contributed by atoms with E-state index in [1.165, 1.54) is 0 Å². The number of amides is 1. The molecule has 2 atom stereocenters. The van der Waals surface area contributed by atoms with Crippen molar-refractivity contribution in [3.8, 4) is 11.3 Å². The van der Waals surface area contributed by atoms with Crippen molar-refractivity contribution in [2.75, 3.05) is 32.1 Å². The standard InChI is InChI=1S/C24H31FN6O3/c1-23(2,3)31(22(32)33)10-6-8-24(25,15-31)14-27-21-18-7-5-9-26-20(18)11-19(29-21)17-12-28-30(13-17)16-34-4/h5,7,9,11-13H,6,8,10,14-16H2,1-4H3,(H-,26,27,29,32,33)/t24-,31?/m1/s1. The lowest BCUT2D eigenvalue weighted by molar-refractivity contribution is -0.928. The van der Waals surface area contributed by atoms with Crippen LogP contribution in [0.25, 0.3) is 22.2 Å². The summed E-state index contributed by atoms with van der Waals surface area (Å²) in [4.78, 5) is 21.3. The number of hydrogen-bond acceptors (Lipinski definition) is 7. The SMILES string of the molecule is COCn1cc(-c2cc3ncccc3c(NC[C@]3(F)CCC[N+](C(=O)[O-])(C(C)(C)C)C3)n2)cn1. The van der Waals surface area contributed by atoms with Crippen LogP contribution in [0.1, 0.15) is 33.6 Å². The number of alkyl halides is 1. The number of carboxylic acid groups (broad SMARTS) is 1. The third-order valence-electron chi connectivity index (χ3n) is 6.71. The van der Waals surface area contributed by atoms with E-state index >= 15 is 4.39 Å². The molecule has 1 fully saturated rings. The van der Waals surface area contributed by atoms with Crippen molar-refractivity contribution in [1.29, 1.82) is 0 Å². The minimum atomic E-state index is -1.73. The Bertz CT molecular complexity index is 1190. The van der Waals surface area contributed by atoms with E-state index < -0.39 is 21.8 Å². The number of nitrogens with one attached hydrogen (secondary N) is 1. The maximum absolute atomic E-state index is 16.1. The van der Waals surface area contributed by atoms with Crippen LogP contribution in [0.3, 0.4) is 0 Å². The van der Waals surface area contributed by atoms with Crippen molar-refractivity contribution in [1.82, 2.24) is 19.7 Å². The van der Waals surface area contributed by atoms with E-state index in [-0.39, 0.29) is 19.5 Å². The summed E-state index contributed by atoms with van der Waals surface area (Å²) in [5.41, 5.74) is -0.294. The van der Waals surface area contributed by atoms with E-state index in [9.17, 15) is 9.90 Å². The van der Waals surface area contributed by atoms with Gasteiger partial charge in [0.05, 0.1) is 36.0 Å². The molecule has 0 bridgehead atoms. The second-order valence-electron chi connectivity index (χ2n) is 10.0. The number of aromatic nitrogens is 4. The molecule has 3 aromatic rings. The van der Waals surface area contributed by atoms with Crippen molar-refractivity contribution in [2.45, 2.75) is 51.6 Å². The predicted octanol–water partition coefficient (Wildman–Crippen LogP) is 2.97. The van der Waals surface area contributed by atoms with Gasteiger partial charge in [-0.1, -0.05) is 0 Å². The fourth-order valence-corrected chi connectivity index (χ4v) is 4.75. The van der Waals surface area contributed by atoms with E-state index in [1.807, 2.05) is 39.1 Å². The second kappa shape index (κ2) is 8.92. The van der Waals surface area contributed by atoms with Gasteiger partial charge >= 0.3 is 0 Å². The average Bonchev–Trinajstić information content (AvgIpc) is 3.25. The number of ether oxygens (including phenoxy) is 1. The Morgan fingerprint density at radius 2 is 2.21 bits per heavy atom. The van der Waals surface area contributed by atoms with Crippen LogP contribution in [-0.4, -0.2) is 68.3 Å². The van der Waals surface area contributed by atoms with Gasteiger partial charge in [-0.2, -0.15) is 5.10 Å². The van der Waals surface area contributed by atoms with E-state index in [1.54, 1.807) is 30.3 Å². The molecule has 3 aromatic heterocycles. The minimum absolute atomic E-state index is 0.0697. The summed E-state index contributed by atoms with van der Waals surface area (Å²) in [6, 6.07) is 5.53. The number of rotatable bonds is 6. The van der Waals surface area contributed by atoms with Crippen LogP contribution in [0.4, 0.5) is 15.0 Å². The topological polar surface area (TPSA) is 105 Å². The number of carbonyl (C=O) groups excluding carboxylic acids is 1. The Labute approximate surface area is 198 Å². The van der Waals surface area contributed by atoms with Gasteiger partial charge in [0.25, 0.3) is 6.09 Å². The lowest BCUT2D eigenvalue weighted by Gasteiger charge is -2.53. The molecule has 4 heterocycles. The molecular weight excluding hydrogens is 439 g/mol. The van der Waals surface area contributed by atoms with Gasteiger partial charge in [-0.05, 0) is 45.4 Å². The predicted molar refractivity (Wildman–Crippen MR) is 124 cm³/mol. The number of fused-ring (bicyclic) bond motifs is 1. The second-order valence-corrected chi connectivity index (χ2v) is 10.0. The molecule has 1 amide bonds. The summed E-state index contributed by atoms with van der Waals surface area (Å²) in [5.74, 6) is 0.491. The molecule has 1 N–H and O–H groups in total. The normalized spacial score (nSPS) is 23.2. The van der Waals surface area contributed by atoms with Crippen molar-refractivity contribution in [3.63, 3.8) is 0 Å². The first kappa shape index (κ1) is 24.0. The number of methoxy groups -OCH3 is 1. The first-order valence-electron chi connectivity index (χ1n) is 11.4. The molecule has 10 heteroatoms. The average molecular weight is 471 g/mol. The summed E-state index contributed by atoms with van der Waals surface area (Å²) in [7, 11) is 1.59. The first-order valence-corrected chi connectivity index (χ1v) is 11.4. The van der Waals surface area contributed by atoms with Crippen LogP contribution in [0.15, 0.2) is 36.8 Å². The van der Waals surface area contributed by atoms with Crippen molar-refractivity contribution in [2.24, 2.45) is 0 Å². The lowest BCUT2D eigenvalue weighted by atomic mass is 9.87. The molecule has 0 radical (unpaired) electrons. The molecule has 1 aliphatic heterocycles. The Morgan fingerprint density at radius 3 is 2.91 bits per heavy atom. The number of carbonyl (C=O) groups is 1. The van der Waals surface area contributed by atoms with E-state index in [0.717, 1.165) is 10.9 Å². The molecule has 0 aliphatic carbocycles. The van der Waals surface area contributed by atoms with Crippen LogP contribution in [0.2, 0.25) is 0 Å². The van der Waals surface area contributed by atoms with Crippen molar-refractivity contribution in [3.05, 3.63) is 36.8 Å². The van der Waals surface area contributed by atoms with Crippen molar-refractivity contribution >= 4 is 22.8 Å². The zero-order valence-corrected chi connectivity index (χ0v) is 20.0. The highest BCUT2D eigenvalue weighted by atomic mass is 19.1. The van der Waals surface area contributed by atoms with Gasteiger partial charge < -0.3 is 20.0 Å². The van der Waals surface area contributed by atoms with E-state index in [0.29, 0.717) is 36.7 Å². The highest BCUT2D eigenvalue weighted by molar-refractivity contribution is 5.91. The molecular formula is C24H31FN6O3. The highest BCUT2D eigenvalue weighted by Gasteiger charge is 2.52. The first-order chi connectivity index (χ1) is 16.1. The van der Waals surface area contributed by atoms with E-state index in [2.05, 4.69) is 15.4 Å². The number of nitrogens with zero attached hydrogens (tertiary/aromatic N) is 5. The Balaban J connectivity index is 1.64. The number of anilines is 1. The van der Waals surface area contributed by atoms with Crippen LogP contribution in [0, 0.1) is 0 Å². The smallest absolute Gasteiger partial charge is 0.257 e.